The van der Waals surface area contributed by atoms with E-state index in [4.69, 9.17) is 9.47 Å². The zero-order valence-corrected chi connectivity index (χ0v) is 11.8. The number of benzene rings is 1. The number of hydrogen-bond acceptors (Lipinski definition) is 4. The molecule has 5 heteroatoms. The molecule has 0 spiro atoms. The zero-order chi connectivity index (χ0) is 13.1. The molecule has 0 saturated carbocycles. The molecule has 19 heavy (non-hydrogen) atoms. The highest BCUT2D eigenvalue weighted by Crippen LogP contribution is 2.22. The van der Waals surface area contributed by atoms with Crippen LogP contribution in [0.1, 0.15) is 18.4 Å². The fourth-order valence-corrected chi connectivity index (χ4v) is 2.97. The lowest BCUT2D eigenvalue weighted by Crippen LogP contribution is -2.25. The van der Waals surface area contributed by atoms with Gasteiger partial charge in [-0.15, -0.1) is 0 Å². The molecule has 1 aliphatic rings. The number of aromatic nitrogens is 2. The van der Waals surface area contributed by atoms with Crippen LogP contribution in [0.3, 0.4) is 0 Å². The summed E-state index contributed by atoms with van der Waals surface area (Å²) in [6.07, 6.45) is 1.88. The van der Waals surface area contributed by atoms with Gasteiger partial charge in [0, 0.05) is 12.2 Å². The van der Waals surface area contributed by atoms with Crippen LogP contribution in [0.4, 0.5) is 0 Å². The number of aromatic amines is 1. The average molecular weight is 278 g/mol. The number of aryl methyl sites for hydroxylation is 1. The summed E-state index contributed by atoms with van der Waals surface area (Å²) >= 11 is 1.72. The first-order valence-electron chi connectivity index (χ1n) is 6.64. The van der Waals surface area contributed by atoms with Crippen LogP contribution in [0, 0.1) is 6.92 Å². The number of ether oxygens (including phenoxy) is 2. The number of rotatable bonds is 4. The number of imidazole rings is 1. The quantitative estimate of drug-likeness (QED) is 0.873. The SMILES string of the molecule is Cc1ccc2nc(SCCC3OCCCO3)[nH]c2c1. The Labute approximate surface area is 116 Å². The summed E-state index contributed by atoms with van der Waals surface area (Å²) in [4.78, 5) is 7.91. The van der Waals surface area contributed by atoms with E-state index in [2.05, 4.69) is 35.1 Å². The van der Waals surface area contributed by atoms with Crippen molar-refractivity contribution < 1.29 is 9.47 Å². The molecule has 0 radical (unpaired) electrons. The van der Waals surface area contributed by atoms with Crippen molar-refractivity contribution in [1.82, 2.24) is 9.97 Å². The maximum atomic E-state index is 5.52. The van der Waals surface area contributed by atoms with Gasteiger partial charge in [-0.1, -0.05) is 17.8 Å². The normalized spacial score (nSPS) is 17.1. The Morgan fingerprint density at radius 1 is 1.37 bits per heavy atom. The van der Waals surface area contributed by atoms with E-state index in [0.29, 0.717) is 0 Å². The third-order valence-electron chi connectivity index (χ3n) is 3.10. The lowest BCUT2D eigenvalue weighted by Gasteiger charge is -2.22. The van der Waals surface area contributed by atoms with E-state index in [9.17, 15) is 0 Å². The van der Waals surface area contributed by atoms with E-state index >= 15 is 0 Å². The zero-order valence-electron chi connectivity index (χ0n) is 11.0. The van der Waals surface area contributed by atoms with Crippen molar-refractivity contribution in [1.29, 1.82) is 0 Å². The Hall–Kier alpha value is -1.04. The van der Waals surface area contributed by atoms with Crippen LogP contribution in [-0.2, 0) is 9.47 Å². The van der Waals surface area contributed by atoms with Gasteiger partial charge in [0.15, 0.2) is 11.4 Å². The first-order valence-corrected chi connectivity index (χ1v) is 7.62. The standard InChI is InChI=1S/C14H18N2O2S/c1-10-3-4-11-12(9-10)16-14(15-11)19-8-5-13-17-6-2-7-18-13/h3-4,9,13H,2,5-8H2,1H3,(H,15,16). The molecule has 102 valence electrons. The molecule has 1 fully saturated rings. The summed E-state index contributed by atoms with van der Waals surface area (Å²) in [5.74, 6) is 0.948. The summed E-state index contributed by atoms with van der Waals surface area (Å²) in [6.45, 7) is 3.73. The van der Waals surface area contributed by atoms with Gasteiger partial charge in [-0.05, 0) is 31.0 Å². The van der Waals surface area contributed by atoms with Gasteiger partial charge in [0.1, 0.15) is 0 Å². The van der Waals surface area contributed by atoms with Crippen molar-refractivity contribution in [3.8, 4) is 0 Å². The molecule has 1 aliphatic heterocycles. The number of thioether (sulfide) groups is 1. The van der Waals surface area contributed by atoms with E-state index in [0.717, 1.165) is 48.0 Å². The molecule has 3 rings (SSSR count). The van der Waals surface area contributed by atoms with E-state index < -0.39 is 0 Å². The Kier molecular flexibility index (Phi) is 4.06. The first kappa shape index (κ1) is 13.0. The fourth-order valence-electron chi connectivity index (χ4n) is 2.12. The largest absolute Gasteiger partial charge is 0.353 e. The lowest BCUT2D eigenvalue weighted by atomic mass is 10.2. The molecule has 1 saturated heterocycles. The van der Waals surface area contributed by atoms with Crippen molar-refractivity contribution in [2.24, 2.45) is 0 Å². The number of nitrogens with one attached hydrogen (secondary N) is 1. The Morgan fingerprint density at radius 2 is 2.21 bits per heavy atom. The molecule has 2 aromatic rings. The minimum absolute atomic E-state index is 0.0344. The summed E-state index contributed by atoms with van der Waals surface area (Å²) in [7, 11) is 0. The minimum atomic E-state index is -0.0344. The summed E-state index contributed by atoms with van der Waals surface area (Å²) in [6, 6.07) is 6.26. The molecule has 0 unspecified atom stereocenters. The van der Waals surface area contributed by atoms with Crippen molar-refractivity contribution in [3.63, 3.8) is 0 Å². The van der Waals surface area contributed by atoms with Crippen molar-refractivity contribution >= 4 is 22.8 Å². The maximum absolute atomic E-state index is 5.52. The topological polar surface area (TPSA) is 47.1 Å². The molecule has 2 heterocycles. The highest BCUT2D eigenvalue weighted by atomic mass is 32.2. The second kappa shape index (κ2) is 5.94. The van der Waals surface area contributed by atoms with Gasteiger partial charge in [0.2, 0.25) is 0 Å². The molecule has 1 N–H and O–H groups in total. The maximum Gasteiger partial charge on any atom is 0.166 e. The van der Waals surface area contributed by atoms with Crippen LogP contribution >= 0.6 is 11.8 Å². The predicted octanol–water partition coefficient (Wildman–Crippen LogP) is 3.12. The van der Waals surface area contributed by atoms with Gasteiger partial charge in [0.05, 0.1) is 24.2 Å². The van der Waals surface area contributed by atoms with Gasteiger partial charge in [-0.25, -0.2) is 4.98 Å². The molecule has 0 atom stereocenters. The molecular formula is C14H18N2O2S. The summed E-state index contributed by atoms with van der Waals surface area (Å²) < 4.78 is 11.0. The highest BCUT2D eigenvalue weighted by molar-refractivity contribution is 7.99. The van der Waals surface area contributed by atoms with Crippen molar-refractivity contribution in [3.05, 3.63) is 23.8 Å². The molecule has 0 aliphatic carbocycles. The monoisotopic (exact) mass is 278 g/mol. The second-order valence-electron chi connectivity index (χ2n) is 4.72. The van der Waals surface area contributed by atoms with Crippen molar-refractivity contribution in [2.75, 3.05) is 19.0 Å². The van der Waals surface area contributed by atoms with Gasteiger partial charge < -0.3 is 14.5 Å². The van der Waals surface area contributed by atoms with Crippen molar-refractivity contribution in [2.45, 2.75) is 31.2 Å². The van der Waals surface area contributed by atoms with E-state index in [1.165, 1.54) is 5.56 Å². The third-order valence-corrected chi connectivity index (χ3v) is 4.01. The third kappa shape index (κ3) is 3.29. The molecule has 4 nitrogen and oxygen atoms in total. The minimum Gasteiger partial charge on any atom is -0.353 e. The van der Waals surface area contributed by atoms with Gasteiger partial charge in [-0.3, -0.25) is 0 Å². The van der Waals surface area contributed by atoms with E-state index in [1.807, 2.05) is 0 Å². The van der Waals surface area contributed by atoms with Crippen LogP contribution in [0.15, 0.2) is 23.4 Å². The lowest BCUT2D eigenvalue weighted by molar-refractivity contribution is -0.178. The van der Waals surface area contributed by atoms with Crippen LogP contribution in [0.5, 0.6) is 0 Å². The number of H-pyrrole nitrogens is 1. The average Bonchev–Trinajstić information content (AvgIpc) is 2.82. The van der Waals surface area contributed by atoms with Crippen LogP contribution < -0.4 is 0 Å². The molecule has 0 bridgehead atoms. The van der Waals surface area contributed by atoms with Crippen LogP contribution in [-0.4, -0.2) is 35.2 Å². The molecule has 0 amide bonds. The van der Waals surface area contributed by atoms with Gasteiger partial charge in [-0.2, -0.15) is 0 Å². The van der Waals surface area contributed by atoms with Crippen LogP contribution in [0.2, 0.25) is 0 Å². The first-order chi connectivity index (χ1) is 9.31. The van der Waals surface area contributed by atoms with Gasteiger partial charge >= 0.3 is 0 Å². The summed E-state index contributed by atoms with van der Waals surface area (Å²) in [5.41, 5.74) is 3.38. The number of fused-ring (bicyclic) bond motifs is 1. The Bertz CT molecular complexity index is 549. The van der Waals surface area contributed by atoms with Gasteiger partial charge in [0.25, 0.3) is 0 Å². The highest BCUT2D eigenvalue weighted by Gasteiger charge is 2.14. The predicted molar refractivity (Wildman–Crippen MR) is 76.5 cm³/mol. The molecular weight excluding hydrogens is 260 g/mol. The fraction of sp³-hybridized carbons (Fsp3) is 0.500. The Balaban J connectivity index is 1.56. The Morgan fingerprint density at radius 3 is 3.05 bits per heavy atom. The smallest absolute Gasteiger partial charge is 0.166 e. The molecule has 1 aromatic heterocycles. The van der Waals surface area contributed by atoms with E-state index in [1.54, 1.807) is 11.8 Å². The van der Waals surface area contributed by atoms with E-state index in [-0.39, 0.29) is 6.29 Å². The molecule has 1 aromatic carbocycles. The number of hydrogen-bond donors (Lipinski definition) is 1. The van der Waals surface area contributed by atoms with Crippen LogP contribution in [0.25, 0.3) is 11.0 Å². The second-order valence-corrected chi connectivity index (χ2v) is 5.81. The summed E-state index contributed by atoms with van der Waals surface area (Å²) in [5, 5.41) is 0.969. The number of nitrogens with zero attached hydrogens (tertiary/aromatic N) is 1.